The van der Waals surface area contributed by atoms with E-state index in [1.807, 2.05) is 26.0 Å². The van der Waals surface area contributed by atoms with Crippen LogP contribution in [0.3, 0.4) is 0 Å². The van der Waals surface area contributed by atoms with Crippen LogP contribution in [0.1, 0.15) is 49.9 Å². The van der Waals surface area contributed by atoms with Gasteiger partial charge in [-0.1, -0.05) is 13.8 Å². The van der Waals surface area contributed by atoms with Crippen molar-refractivity contribution in [2.75, 3.05) is 11.9 Å². The average Bonchev–Trinajstić information content (AvgIpc) is 3.26. The third-order valence-electron chi connectivity index (χ3n) is 6.18. The van der Waals surface area contributed by atoms with Crippen LogP contribution in [0.15, 0.2) is 41.0 Å². The van der Waals surface area contributed by atoms with E-state index in [0.717, 1.165) is 18.4 Å². The molecule has 4 rings (SSSR count). The molecule has 1 aromatic heterocycles. The molecule has 7 heteroatoms. The van der Waals surface area contributed by atoms with Crippen LogP contribution in [0, 0.1) is 5.92 Å². The molecule has 2 N–H and O–H groups in total. The van der Waals surface area contributed by atoms with Gasteiger partial charge < -0.3 is 20.0 Å². The SMILES string of the molecule is CCC(CC)C(=O)NC1CCN2C(=O)c3cc(-c4ccco4)ccc3NC(=O)C2C1. The summed E-state index contributed by atoms with van der Waals surface area (Å²) < 4.78 is 5.44. The summed E-state index contributed by atoms with van der Waals surface area (Å²) in [5, 5.41) is 5.99. The number of piperidine rings is 1. The predicted octanol–water partition coefficient (Wildman–Crippen LogP) is 3.42. The van der Waals surface area contributed by atoms with Crippen molar-refractivity contribution >= 4 is 23.4 Å². The van der Waals surface area contributed by atoms with E-state index in [1.165, 1.54) is 0 Å². The maximum absolute atomic E-state index is 13.3. The monoisotopic (exact) mass is 409 g/mol. The second-order valence-electron chi connectivity index (χ2n) is 7.98. The Bertz CT molecular complexity index is 949. The van der Waals surface area contributed by atoms with Crippen LogP contribution in [0.25, 0.3) is 11.3 Å². The Morgan fingerprint density at radius 1 is 1.27 bits per heavy atom. The maximum Gasteiger partial charge on any atom is 0.256 e. The molecule has 158 valence electrons. The van der Waals surface area contributed by atoms with Gasteiger partial charge in [-0.25, -0.2) is 0 Å². The number of nitrogens with zero attached hydrogens (tertiary/aromatic N) is 1. The summed E-state index contributed by atoms with van der Waals surface area (Å²) in [5.74, 6) is 0.295. The standard InChI is InChI=1S/C23H27N3O4/c1-3-14(4-2)21(27)24-16-9-10-26-19(13-16)22(28)25-18-8-7-15(12-17(18)23(26)29)20-6-5-11-30-20/h5-8,11-12,14,16,19H,3-4,9-10,13H2,1-2H3,(H,24,27)(H,25,28). The lowest BCUT2D eigenvalue weighted by Gasteiger charge is -2.37. The van der Waals surface area contributed by atoms with E-state index in [2.05, 4.69) is 10.6 Å². The lowest BCUT2D eigenvalue weighted by atomic mass is 9.94. The number of fused-ring (bicyclic) bond motifs is 2. The fourth-order valence-electron chi connectivity index (χ4n) is 4.36. The highest BCUT2D eigenvalue weighted by Crippen LogP contribution is 2.32. The van der Waals surface area contributed by atoms with Crippen molar-refractivity contribution in [2.45, 2.75) is 51.6 Å². The molecule has 0 bridgehead atoms. The molecule has 3 heterocycles. The van der Waals surface area contributed by atoms with Gasteiger partial charge in [-0.2, -0.15) is 0 Å². The predicted molar refractivity (Wildman–Crippen MR) is 113 cm³/mol. The van der Waals surface area contributed by atoms with Crippen LogP contribution >= 0.6 is 0 Å². The molecular formula is C23H27N3O4. The minimum atomic E-state index is -0.599. The van der Waals surface area contributed by atoms with E-state index < -0.39 is 6.04 Å². The molecule has 0 spiro atoms. The third kappa shape index (κ3) is 3.72. The summed E-state index contributed by atoms with van der Waals surface area (Å²) in [4.78, 5) is 40.3. The second-order valence-corrected chi connectivity index (χ2v) is 7.98. The molecule has 0 radical (unpaired) electrons. The van der Waals surface area contributed by atoms with Crippen molar-refractivity contribution in [1.82, 2.24) is 10.2 Å². The van der Waals surface area contributed by atoms with E-state index in [1.54, 1.807) is 29.4 Å². The lowest BCUT2D eigenvalue weighted by Crippen LogP contribution is -2.55. The lowest BCUT2D eigenvalue weighted by molar-refractivity contribution is -0.127. The van der Waals surface area contributed by atoms with E-state index in [4.69, 9.17) is 4.42 Å². The molecule has 3 amide bonds. The Morgan fingerprint density at radius 2 is 2.07 bits per heavy atom. The number of anilines is 1. The zero-order valence-corrected chi connectivity index (χ0v) is 17.3. The van der Waals surface area contributed by atoms with Crippen LogP contribution in [0.2, 0.25) is 0 Å². The first-order valence-electron chi connectivity index (χ1n) is 10.6. The second kappa shape index (κ2) is 8.34. The highest BCUT2D eigenvalue weighted by atomic mass is 16.3. The van der Waals surface area contributed by atoms with Crippen molar-refractivity contribution in [1.29, 1.82) is 0 Å². The van der Waals surface area contributed by atoms with Gasteiger partial charge in [-0.05, 0) is 56.0 Å². The first kappa shape index (κ1) is 20.2. The summed E-state index contributed by atoms with van der Waals surface area (Å²) >= 11 is 0. The summed E-state index contributed by atoms with van der Waals surface area (Å²) in [6.45, 7) is 4.43. The summed E-state index contributed by atoms with van der Waals surface area (Å²) in [6, 6.07) is 8.25. The smallest absolute Gasteiger partial charge is 0.256 e. The molecule has 2 atom stereocenters. The number of carbonyl (C=O) groups is 3. The summed E-state index contributed by atoms with van der Waals surface area (Å²) in [7, 11) is 0. The Labute approximate surface area is 175 Å². The fraction of sp³-hybridized carbons (Fsp3) is 0.435. The van der Waals surface area contributed by atoms with Gasteiger partial charge >= 0.3 is 0 Å². The molecule has 0 aliphatic carbocycles. The zero-order chi connectivity index (χ0) is 21.3. The van der Waals surface area contributed by atoms with Gasteiger partial charge in [0, 0.05) is 24.1 Å². The number of furan rings is 1. The topological polar surface area (TPSA) is 91.7 Å². The summed E-state index contributed by atoms with van der Waals surface area (Å²) in [5.41, 5.74) is 1.75. The van der Waals surface area contributed by atoms with Crippen LogP contribution < -0.4 is 10.6 Å². The molecule has 1 saturated heterocycles. The average molecular weight is 409 g/mol. The van der Waals surface area contributed by atoms with E-state index >= 15 is 0 Å². The molecule has 7 nitrogen and oxygen atoms in total. The number of carbonyl (C=O) groups excluding carboxylic acids is 3. The van der Waals surface area contributed by atoms with Crippen molar-refractivity contribution < 1.29 is 18.8 Å². The Kier molecular flexibility index (Phi) is 5.61. The van der Waals surface area contributed by atoms with Gasteiger partial charge in [0.05, 0.1) is 17.5 Å². The van der Waals surface area contributed by atoms with Gasteiger partial charge in [-0.3, -0.25) is 14.4 Å². The van der Waals surface area contributed by atoms with E-state index in [9.17, 15) is 14.4 Å². The molecule has 2 aliphatic heterocycles. The van der Waals surface area contributed by atoms with Crippen molar-refractivity contribution in [3.05, 3.63) is 42.2 Å². The van der Waals surface area contributed by atoms with Crippen LogP contribution in [-0.2, 0) is 9.59 Å². The normalized spacial score (nSPS) is 21.0. The minimum Gasteiger partial charge on any atom is -0.464 e. The first-order chi connectivity index (χ1) is 14.5. The molecule has 1 fully saturated rings. The molecule has 2 aliphatic rings. The highest BCUT2D eigenvalue weighted by Gasteiger charge is 2.40. The molecular weight excluding hydrogens is 382 g/mol. The van der Waals surface area contributed by atoms with Gasteiger partial charge in [0.15, 0.2) is 0 Å². The molecule has 2 aromatic rings. The van der Waals surface area contributed by atoms with Crippen molar-refractivity contribution in [2.24, 2.45) is 5.92 Å². The van der Waals surface area contributed by atoms with Crippen LogP contribution in [0.4, 0.5) is 5.69 Å². The van der Waals surface area contributed by atoms with Gasteiger partial charge in [0.2, 0.25) is 11.8 Å². The van der Waals surface area contributed by atoms with Crippen molar-refractivity contribution in [3.63, 3.8) is 0 Å². The number of hydrogen-bond donors (Lipinski definition) is 2. The molecule has 0 saturated carbocycles. The summed E-state index contributed by atoms with van der Waals surface area (Å²) in [6.07, 6.45) is 4.21. The quantitative estimate of drug-likeness (QED) is 0.792. The fourth-order valence-corrected chi connectivity index (χ4v) is 4.36. The number of benzene rings is 1. The number of rotatable bonds is 5. The molecule has 30 heavy (non-hydrogen) atoms. The minimum absolute atomic E-state index is 0.0168. The maximum atomic E-state index is 13.3. The molecule has 1 aromatic carbocycles. The van der Waals surface area contributed by atoms with Gasteiger partial charge in [0.1, 0.15) is 11.8 Å². The van der Waals surface area contributed by atoms with E-state index in [-0.39, 0.29) is 29.7 Å². The molecule has 2 unspecified atom stereocenters. The highest BCUT2D eigenvalue weighted by molar-refractivity contribution is 6.10. The van der Waals surface area contributed by atoms with Gasteiger partial charge in [-0.15, -0.1) is 0 Å². The zero-order valence-electron chi connectivity index (χ0n) is 17.3. The Balaban J connectivity index is 1.55. The first-order valence-corrected chi connectivity index (χ1v) is 10.6. The van der Waals surface area contributed by atoms with Crippen molar-refractivity contribution in [3.8, 4) is 11.3 Å². The number of hydrogen-bond acceptors (Lipinski definition) is 4. The Hall–Kier alpha value is -3.09. The number of amides is 3. The number of nitrogens with one attached hydrogen (secondary N) is 2. The Morgan fingerprint density at radius 3 is 2.77 bits per heavy atom. The van der Waals surface area contributed by atoms with Crippen LogP contribution in [-0.4, -0.2) is 41.2 Å². The van der Waals surface area contributed by atoms with E-state index in [0.29, 0.717) is 36.4 Å². The largest absolute Gasteiger partial charge is 0.464 e. The van der Waals surface area contributed by atoms with Gasteiger partial charge in [0.25, 0.3) is 5.91 Å². The third-order valence-corrected chi connectivity index (χ3v) is 6.18. The van der Waals surface area contributed by atoms with Crippen LogP contribution in [0.5, 0.6) is 0 Å².